The maximum Gasteiger partial charge on any atom is 0.161 e. The third kappa shape index (κ3) is 2.63. The molecule has 1 aliphatic rings. The molecule has 20 heavy (non-hydrogen) atoms. The average Bonchev–Trinajstić information content (AvgIpc) is 2.80. The van der Waals surface area contributed by atoms with Crippen molar-refractivity contribution in [2.75, 3.05) is 13.2 Å². The predicted octanol–water partition coefficient (Wildman–Crippen LogP) is 4.32. The monoisotopic (exact) mass is 292 g/mol. The number of hydrogen-bond donors (Lipinski definition) is 0. The maximum absolute atomic E-state index is 6.47. The number of furan rings is 1. The molecule has 0 radical (unpaired) electrons. The van der Waals surface area contributed by atoms with Crippen molar-refractivity contribution in [1.82, 2.24) is 0 Å². The Hall–Kier alpha value is -1.61. The lowest BCUT2D eigenvalue weighted by Gasteiger charge is -2.11. The second-order valence-corrected chi connectivity index (χ2v) is 5.68. The van der Waals surface area contributed by atoms with Gasteiger partial charge in [0.05, 0.1) is 13.2 Å². The summed E-state index contributed by atoms with van der Waals surface area (Å²) in [6.45, 7) is 5.34. The van der Waals surface area contributed by atoms with Gasteiger partial charge in [-0.1, -0.05) is 13.0 Å². The van der Waals surface area contributed by atoms with E-state index in [9.17, 15) is 0 Å². The van der Waals surface area contributed by atoms with Crippen molar-refractivity contribution in [3.05, 3.63) is 47.4 Å². The first-order valence-corrected chi connectivity index (χ1v) is 7.17. The summed E-state index contributed by atoms with van der Waals surface area (Å²) in [7, 11) is 0. The summed E-state index contributed by atoms with van der Waals surface area (Å²) >= 11 is 6.47. The Labute approximate surface area is 123 Å². The van der Waals surface area contributed by atoms with Crippen LogP contribution in [-0.4, -0.2) is 13.2 Å². The van der Waals surface area contributed by atoms with Crippen molar-refractivity contribution in [3.63, 3.8) is 0 Å². The van der Waals surface area contributed by atoms with E-state index in [1.165, 1.54) is 0 Å². The van der Waals surface area contributed by atoms with Crippen molar-refractivity contribution in [2.24, 2.45) is 5.92 Å². The fraction of sp³-hybridized carbons (Fsp3) is 0.375. The number of fused-ring (bicyclic) bond motifs is 1. The molecule has 1 aromatic carbocycles. The third-order valence-electron chi connectivity index (χ3n) is 3.32. The topological polar surface area (TPSA) is 31.6 Å². The number of ether oxygens (including phenoxy) is 2. The standard InChI is InChI=1S/C16H17ClO3/c1-10-8-18-13-6-4-12(7-15(13)19-9-10)16(17)14-5-3-11(2)20-14/h3-7,10,16H,8-9H2,1-2H3. The van der Waals surface area contributed by atoms with Gasteiger partial charge in [-0.05, 0) is 36.8 Å². The Morgan fingerprint density at radius 2 is 1.85 bits per heavy atom. The lowest BCUT2D eigenvalue weighted by atomic mass is 10.1. The Balaban J connectivity index is 1.88. The zero-order valence-corrected chi connectivity index (χ0v) is 12.3. The summed E-state index contributed by atoms with van der Waals surface area (Å²) < 4.78 is 17.1. The summed E-state index contributed by atoms with van der Waals surface area (Å²) in [6.07, 6.45) is 0. The number of alkyl halides is 1. The van der Waals surface area contributed by atoms with Gasteiger partial charge >= 0.3 is 0 Å². The highest BCUT2D eigenvalue weighted by Gasteiger charge is 2.19. The summed E-state index contributed by atoms with van der Waals surface area (Å²) in [5, 5.41) is -0.321. The molecule has 1 aliphatic heterocycles. The van der Waals surface area contributed by atoms with Crippen LogP contribution in [0.3, 0.4) is 0 Å². The number of benzene rings is 1. The molecular formula is C16H17ClO3. The van der Waals surface area contributed by atoms with Crippen molar-refractivity contribution in [1.29, 1.82) is 0 Å². The van der Waals surface area contributed by atoms with Gasteiger partial charge in [0.1, 0.15) is 16.9 Å². The van der Waals surface area contributed by atoms with E-state index in [-0.39, 0.29) is 5.38 Å². The smallest absolute Gasteiger partial charge is 0.161 e. The van der Waals surface area contributed by atoms with E-state index in [0.717, 1.165) is 28.6 Å². The van der Waals surface area contributed by atoms with Crippen LogP contribution in [0.2, 0.25) is 0 Å². The third-order valence-corrected chi connectivity index (χ3v) is 3.79. The quantitative estimate of drug-likeness (QED) is 0.772. The Kier molecular flexibility index (Phi) is 3.62. The van der Waals surface area contributed by atoms with Crippen LogP contribution < -0.4 is 9.47 Å². The second-order valence-electron chi connectivity index (χ2n) is 5.24. The van der Waals surface area contributed by atoms with E-state index in [4.69, 9.17) is 25.5 Å². The van der Waals surface area contributed by atoms with E-state index in [1.54, 1.807) is 0 Å². The molecule has 106 valence electrons. The van der Waals surface area contributed by atoms with Gasteiger partial charge in [-0.3, -0.25) is 0 Å². The summed E-state index contributed by atoms with van der Waals surface area (Å²) in [4.78, 5) is 0. The average molecular weight is 293 g/mol. The number of hydrogen-bond acceptors (Lipinski definition) is 3. The highest BCUT2D eigenvalue weighted by molar-refractivity contribution is 6.22. The van der Waals surface area contributed by atoms with Crippen LogP contribution in [-0.2, 0) is 0 Å². The van der Waals surface area contributed by atoms with Crippen molar-refractivity contribution in [2.45, 2.75) is 19.2 Å². The molecule has 2 aromatic rings. The predicted molar refractivity (Wildman–Crippen MR) is 77.7 cm³/mol. The molecule has 1 aromatic heterocycles. The van der Waals surface area contributed by atoms with Crippen LogP contribution in [0.5, 0.6) is 11.5 Å². The molecule has 2 atom stereocenters. The van der Waals surface area contributed by atoms with E-state index in [2.05, 4.69) is 6.92 Å². The van der Waals surface area contributed by atoms with E-state index in [0.29, 0.717) is 19.1 Å². The minimum Gasteiger partial charge on any atom is -0.489 e. The molecule has 3 rings (SSSR count). The number of rotatable bonds is 2. The molecule has 4 heteroatoms. The molecule has 0 bridgehead atoms. The highest BCUT2D eigenvalue weighted by atomic mass is 35.5. The molecular weight excluding hydrogens is 276 g/mol. The summed E-state index contributed by atoms with van der Waals surface area (Å²) in [5.74, 6) is 3.50. The van der Waals surface area contributed by atoms with Crippen molar-refractivity contribution >= 4 is 11.6 Å². The number of halogens is 1. The molecule has 0 fully saturated rings. The molecule has 0 aliphatic carbocycles. The molecule has 0 saturated heterocycles. The first kappa shape index (κ1) is 13.4. The lowest BCUT2D eigenvalue weighted by Crippen LogP contribution is -2.12. The minimum atomic E-state index is -0.321. The van der Waals surface area contributed by atoms with Gasteiger partial charge in [-0.15, -0.1) is 11.6 Å². The molecule has 0 amide bonds. The normalized spacial score (nSPS) is 19.4. The van der Waals surface area contributed by atoms with Gasteiger partial charge in [0.2, 0.25) is 0 Å². The van der Waals surface area contributed by atoms with Crippen LogP contribution in [0.15, 0.2) is 34.7 Å². The van der Waals surface area contributed by atoms with E-state index < -0.39 is 0 Å². The van der Waals surface area contributed by atoms with E-state index in [1.807, 2.05) is 37.3 Å². The van der Waals surface area contributed by atoms with Gasteiger partial charge in [-0.25, -0.2) is 0 Å². The zero-order chi connectivity index (χ0) is 14.1. The first-order chi connectivity index (χ1) is 9.63. The molecule has 3 nitrogen and oxygen atoms in total. The fourth-order valence-electron chi connectivity index (χ4n) is 2.18. The SMILES string of the molecule is Cc1ccc(C(Cl)c2ccc3c(c2)OCC(C)CO3)o1. The van der Waals surface area contributed by atoms with Gasteiger partial charge in [0, 0.05) is 5.92 Å². The fourth-order valence-corrected chi connectivity index (χ4v) is 2.43. The van der Waals surface area contributed by atoms with Gasteiger partial charge in [0.25, 0.3) is 0 Å². The zero-order valence-electron chi connectivity index (χ0n) is 11.6. The van der Waals surface area contributed by atoms with Gasteiger partial charge < -0.3 is 13.9 Å². The van der Waals surface area contributed by atoms with Crippen molar-refractivity contribution < 1.29 is 13.9 Å². The summed E-state index contributed by atoms with van der Waals surface area (Å²) in [5.41, 5.74) is 0.943. The molecule has 2 unspecified atom stereocenters. The van der Waals surface area contributed by atoms with Crippen LogP contribution in [0.4, 0.5) is 0 Å². The Morgan fingerprint density at radius 3 is 2.55 bits per heavy atom. The van der Waals surface area contributed by atoms with Crippen LogP contribution >= 0.6 is 11.6 Å². The largest absolute Gasteiger partial charge is 0.489 e. The van der Waals surface area contributed by atoms with E-state index >= 15 is 0 Å². The molecule has 0 saturated carbocycles. The lowest BCUT2D eigenvalue weighted by molar-refractivity contribution is 0.228. The first-order valence-electron chi connectivity index (χ1n) is 6.73. The van der Waals surface area contributed by atoms with Crippen LogP contribution in [0, 0.1) is 12.8 Å². The molecule has 0 N–H and O–H groups in total. The Morgan fingerprint density at radius 1 is 1.10 bits per heavy atom. The van der Waals surface area contributed by atoms with Crippen molar-refractivity contribution in [3.8, 4) is 11.5 Å². The van der Waals surface area contributed by atoms with Crippen LogP contribution in [0.25, 0.3) is 0 Å². The van der Waals surface area contributed by atoms with Crippen LogP contribution in [0.1, 0.15) is 29.4 Å². The molecule has 2 heterocycles. The Bertz CT molecular complexity index is 606. The second kappa shape index (κ2) is 5.41. The number of aryl methyl sites for hydroxylation is 1. The highest BCUT2D eigenvalue weighted by Crippen LogP contribution is 2.37. The minimum absolute atomic E-state index is 0.321. The summed E-state index contributed by atoms with van der Waals surface area (Å²) in [6, 6.07) is 9.61. The van der Waals surface area contributed by atoms with Gasteiger partial charge in [-0.2, -0.15) is 0 Å². The van der Waals surface area contributed by atoms with Gasteiger partial charge in [0.15, 0.2) is 11.5 Å². The molecule has 0 spiro atoms. The maximum atomic E-state index is 6.47.